The van der Waals surface area contributed by atoms with Gasteiger partial charge in [0, 0.05) is 17.8 Å². The van der Waals surface area contributed by atoms with Crippen molar-refractivity contribution in [3.05, 3.63) is 149 Å². The normalized spacial score (nSPS) is 11.3. The second kappa shape index (κ2) is 14.5. The molecule has 0 fully saturated rings. The van der Waals surface area contributed by atoms with Gasteiger partial charge in [-0.1, -0.05) is 76.2 Å². The summed E-state index contributed by atoms with van der Waals surface area (Å²) in [5, 5.41) is 0. The molecule has 0 N–H and O–H groups in total. The average molecular weight is 659 g/mol. The molecular formula is C41H38O8. The van der Waals surface area contributed by atoms with Crippen LogP contribution in [0.25, 0.3) is 0 Å². The van der Waals surface area contributed by atoms with E-state index >= 15 is 0 Å². The highest BCUT2D eigenvalue weighted by Gasteiger charge is 2.25. The van der Waals surface area contributed by atoms with E-state index in [4.69, 9.17) is 23.7 Å². The fourth-order valence-electron chi connectivity index (χ4n) is 5.36. The highest BCUT2D eigenvalue weighted by Crippen LogP contribution is 2.35. The summed E-state index contributed by atoms with van der Waals surface area (Å²) >= 11 is 0. The van der Waals surface area contributed by atoms with Crippen LogP contribution in [0, 0.1) is 0 Å². The van der Waals surface area contributed by atoms with Gasteiger partial charge in [0.05, 0.1) is 12.7 Å². The van der Waals surface area contributed by atoms with Crippen molar-refractivity contribution in [2.75, 3.05) is 7.11 Å². The minimum absolute atomic E-state index is 0.214. The van der Waals surface area contributed by atoms with Crippen LogP contribution in [-0.2, 0) is 15.6 Å². The SMILES string of the molecule is COc1ccc(C(C)(C)c2ccc(OC(=O)Oc3ccc(C(=O)Oc4ccc(C(C)(C)c5ccc(OC(C)=O)cc5)cc4)cc3)cc2)cc1. The van der Waals surface area contributed by atoms with Crippen LogP contribution in [0.5, 0.6) is 28.7 Å². The van der Waals surface area contributed by atoms with Gasteiger partial charge in [0.2, 0.25) is 0 Å². The number of hydrogen-bond acceptors (Lipinski definition) is 8. The number of ether oxygens (including phenoxy) is 5. The standard InChI is InChI=1S/C41H38O8/c1-27(42)46-34-21-11-30(12-22-34)41(4,5)31-13-23-35(24-14-31)47-38(43)28-7-17-36(18-8-28)48-39(44)49-37-25-15-32(16-26-37)40(2,3)29-9-19-33(45-6)20-10-29/h7-26H,1-6H3. The average Bonchev–Trinajstić information content (AvgIpc) is 3.09. The molecule has 8 nitrogen and oxygen atoms in total. The van der Waals surface area contributed by atoms with Crippen molar-refractivity contribution in [1.82, 2.24) is 0 Å². The van der Waals surface area contributed by atoms with E-state index in [0.29, 0.717) is 17.2 Å². The van der Waals surface area contributed by atoms with E-state index in [-0.39, 0.29) is 28.1 Å². The first-order chi connectivity index (χ1) is 23.3. The van der Waals surface area contributed by atoms with Crippen LogP contribution in [0.1, 0.15) is 67.2 Å². The molecule has 0 aliphatic carbocycles. The summed E-state index contributed by atoms with van der Waals surface area (Å²) in [4.78, 5) is 36.5. The van der Waals surface area contributed by atoms with E-state index in [9.17, 15) is 14.4 Å². The van der Waals surface area contributed by atoms with Gasteiger partial charge in [-0.3, -0.25) is 4.79 Å². The Bertz CT molecular complexity index is 1910. The van der Waals surface area contributed by atoms with Crippen molar-refractivity contribution in [2.45, 2.75) is 45.4 Å². The highest BCUT2D eigenvalue weighted by molar-refractivity contribution is 5.91. The molecule has 0 unspecified atom stereocenters. The third-order valence-corrected chi connectivity index (χ3v) is 8.50. The van der Waals surface area contributed by atoms with E-state index in [1.54, 1.807) is 43.5 Å². The zero-order valence-corrected chi connectivity index (χ0v) is 28.3. The molecule has 49 heavy (non-hydrogen) atoms. The van der Waals surface area contributed by atoms with Gasteiger partial charge < -0.3 is 23.7 Å². The summed E-state index contributed by atoms with van der Waals surface area (Å²) in [5.41, 5.74) is 3.85. The van der Waals surface area contributed by atoms with Crippen LogP contribution in [0.15, 0.2) is 121 Å². The molecule has 0 aliphatic rings. The lowest BCUT2D eigenvalue weighted by atomic mass is 9.78. The Balaban J connectivity index is 1.14. The van der Waals surface area contributed by atoms with E-state index in [0.717, 1.165) is 28.0 Å². The molecule has 0 atom stereocenters. The molecule has 5 rings (SSSR count). The van der Waals surface area contributed by atoms with Gasteiger partial charge in [-0.05, 0) is 95.1 Å². The molecular weight excluding hydrogens is 620 g/mol. The third-order valence-electron chi connectivity index (χ3n) is 8.50. The van der Waals surface area contributed by atoms with Crippen LogP contribution in [0.4, 0.5) is 4.79 Å². The Labute approximate surface area is 286 Å². The summed E-state index contributed by atoms with van der Waals surface area (Å²) in [5.74, 6) is 1.29. The van der Waals surface area contributed by atoms with Crippen molar-refractivity contribution in [3.63, 3.8) is 0 Å². The molecule has 5 aromatic rings. The predicted octanol–water partition coefficient (Wildman–Crippen LogP) is 9.07. The second-order valence-electron chi connectivity index (χ2n) is 12.5. The Hall–Kier alpha value is -5.89. The minimum Gasteiger partial charge on any atom is -0.497 e. The quantitative estimate of drug-likeness (QED) is 0.0833. The second-order valence-corrected chi connectivity index (χ2v) is 12.5. The van der Waals surface area contributed by atoms with Crippen LogP contribution in [0.3, 0.4) is 0 Å². The van der Waals surface area contributed by atoms with Crippen LogP contribution < -0.4 is 23.7 Å². The molecule has 0 amide bonds. The van der Waals surface area contributed by atoms with Crippen molar-refractivity contribution in [1.29, 1.82) is 0 Å². The molecule has 0 aliphatic heterocycles. The van der Waals surface area contributed by atoms with Gasteiger partial charge in [0.15, 0.2) is 0 Å². The number of carbonyl (C=O) groups is 3. The summed E-state index contributed by atoms with van der Waals surface area (Å²) < 4.78 is 26.7. The Kier molecular flexibility index (Phi) is 10.2. The molecule has 0 aromatic heterocycles. The first-order valence-corrected chi connectivity index (χ1v) is 15.7. The van der Waals surface area contributed by atoms with Gasteiger partial charge >= 0.3 is 18.1 Å². The predicted molar refractivity (Wildman–Crippen MR) is 186 cm³/mol. The summed E-state index contributed by atoms with van der Waals surface area (Å²) in [7, 11) is 1.64. The van der Waals surface area contributed by atoms with Crippen LogP contribution >= 0.6 is 0 Å². The van der Waals surface area contributed by atoms with Crippen LogP contribution in [-0.4, -0.2) is 25.2 Å². The van der Waals surface area contributed by atoms with Gasteiger partial charge in [-0.2, -0.15) is 0 Å². The number of hydrogen-bond donors (Lipinski definition) is 0. The summed E-state index contributed by atoms with van der Waals surface area (Å²) in [6.45, 7) is 9.76. The summed E-state index contributed by atoms with van der Waals surface area (Å²) in [6, 6.07) is 35.8. The Morgan fingerprint density at radius 3 is 1.08 bits per heavy atom. The lowest BCUT2D eigenvalue weighted by molar-refractivity contribution is -0.131. The lowest BCUT2D eigenvalue weighted by Gasteiger charge is -2.26. The zero-order chi connectivity index (χ0) is 35.2. The zero-order valence-electron chi connectivity index (χ0n) is 28.3. The maximum absolute atomic E-state index is 12.8. The van der Waals surface area contributed by atoms with Gasteiger partial charge in [0.25, 0.3) is 0 Å². The fourth-order valence-corrected chi connectivity index (χ4v) is 5.36. The molecule has 0 radical (unpaired) electrons. The van der Waals surface area contributed by atoms with E-state index in [2.05, 4.69) is 27.7 Å². The smallest absolute Gasteiger partial charge is 0.497 e. The third kappa shape index (κ3) is 8.34. The van der Waals surface area contributed by atoms with Crippen molar-refractivity contribution in [3.8, 4) is 28.7 Å². The Morgan fingerprint density at radius 2 is 0.735 bits per heavy atom. The molecule has 8 heteroatoms. The monoisotopic (exact) mass is 658 g/mol. The van der Waals surface area contributed by atoms with Crippen molar-refractivity contribution in [2.24, 2.45) is 0 Å². The van der Waals surface area contributed by atoms with E-state index in [1.165, 1.54) is 31.2 Å². The number of rotatable bonds is 10. The van der Waals surface area contributed by atoms with Gasteiger partial charge in [-0.25, -0.2) is 9.59 Å². The van der Waals surface area contributed by atoms with E-state index in [1.807, 2.05) is 60.7 Å². The maximum atomic E-state index is 12.8. The maximum Gasteiger partial charge on any atom is 0.519 e. The molecule has 5 aromatic carbocycles. The van der Waals surface area contributed by atoms with Crippen LogP contribution in [0.2, 0.25) is 0 Å². The fraction of sp³-hybridized carbons (Fsp3) is 0.195. The Morgan fingerprint density at radius 1 is 0.429 bits per heavy atom. The molecule has 250 valence electrons. The number of esters is 2. The van der Waals surface area contributed by atoms with Crippen molar-refractivity contribution < 1.29 is 38.1 Å². The van der Waals surface area contributed by atoms with Gasteiger partial charge in [-0.15, -0.1) is 0 Å². The first kappa shape index (κ1) is 34.4. The lowest BCUT2D eigenvalue weighted by Crippen LogP contribution is -2.19. The number of carbonyl (C=O) groups excluding carboxylic acids is 3. The van der Waals surface area contributed by atoms with Gasteiger partial charge in [0.1, 0.15) is 28.7 Å². The molecule has 0 heterocycles. The molecule has 0 spiro atoms. The highest BCUT2D eigenvalue weighted by atomic mass is 16.7. The first-order valence-electron chi connectivity index (χ1n) is 15.7. The topological polar surface area (TPSA) is 97.4 Å². The number of methoxy groups -OCH3 is 1. The molecule has 0 bridgehead atoms. The largest absolute Gasteiger partial charge is 0.519 e. The molecule has 0 saturated heterocycles. The number of benzene rings is 5. The van der Waals surface area contributed by atoms with E-state index < -0.39 is 12.1 Å². The molecule has 0 saturated carbocycles. The minimum atomic E-state index is -0.902. The summed E-state index contributed by atoms with van der Waals surface area (Å²) in [6.07, 6.45) is -0.902. The van der Waals surface area contributed by atoms with Crippen molar-refractivity contribution >= 4 is 18.1 Å².